The average molecular weight is 406 g/mol. The molecule has 0 N–H and O–H groups in total. The number of ether oxygens (including phenoxy) is 2. The number of halogens is 2. The van der Waals surface area contributed by atoms with E-state index in [0.717, 1.165) is 5.56 Å². The predicted octanol–water partition coefficient (Wildman–Crippen LogP) is 3.63. The van der Waals surface area contributed by atoms with E-state index in [1.54, 1.807) is 24.3 Å². The zero-order chi connectivity index (χ0) is 20.1. The first-order valence-corrected chi connectivity index (χ1v) is 9.38. The fraction of sp³-hybridized carbons (Fsp3) is 0.333. The second-order valence-corrected chi connectivity index (χ2v) is 7.06. The molecule has 5 nitrogen and oxygen atoms in total. The number of methoxy groups -OCH3 is 1. The third-order valence-corrected chi connectivity index (χ3v) is 4.94. The first-order chi connectivity index (χ1) is 13.5. The van der Waals surface area contributed by atoms with Crippen LogP contribution in [0.25, 0.3) is 0 Å². The largest absolute Gasteiger partial charge is 0.485 e. The highest BCUT2D eigenvalue weighted by Gasteiger charge is 2.41. The lowest BCUT2D eigenvalue weighted by molar-refractivity contribution is -0.150. The molecule has 3 rings (SSSR count). The van der Waals surface area contributed by atoms with Gasteiger partial charge in [0.25, 0.3) is 0 Å². The SMILES string of the molecule is COC(=O)C1CC(Oc2ccccc2F)CN1C(=O)CCc1cccc(Cl)c1. The molecule has 1 amide bonds. The van der Waals surface area contributed by atoms with E-state index in [1.807, 2.05) is 12.1 Å². The quantitative estimate of drug-likeness (QED) is 0.688. The summed E-state index contributed by atoms with van der Waals surface area (Å²) in [5.74, 6) is -1.07. The fourth-order valence-electron chi connectivity index (χ4n) is 3.33. The Hall–Kier alpha value is -2.60. The van der Waals surface area contributed by atoms with Gasteiger partial charge in [0, 0.05) is 17.9 Å². The number of nitrogens with zero attached hydrogens (tertiary/aromatic N) is 1. The smallest absolute Gasteiger partial charge is 0.328 e. The van der Waals surface area contributed by atoms with Gasteiger partial charge >= 0.3 is 5.97 Å². The summed E-state index contributed by atoms with van der Waals surface area (Å²) >= 11 is 5.98. The lowest BCUT2D eigenvalue weighted by Crippen LogP contribution is -2.41. The normalized spacial score (nSPS) is 18.8. The fourth-order valence-corrected chi connectivity index (χ4v) is 3.54. The Labute approximate surface area is 168 Å². The van der Waals surface area contributed by atoms with Gasteiger partial charge in [-0.3, -0.25) is 4.79 Å². The molecule has 0 aliphatic carbocycles. The first kappa shape index (κ1) is 20.1. The Bertz CT molecular complexity index is 860. The van der Waals surface area contributed by atoms with Gasteiger partial charge in [-0.25, -0.2) is 9.18 Å². The number of aryl methyl sites for hydroxylation is 1. The summed E-state index contributed by atoms with van der Waals surface area (Å²) in [6, 6.07) is 12.6. The Morgan fingerprint density at radius 1 is 1.21 bits per heavy atom. The number of benzene rings is 2. The van der Waals surface area contributed by atoms with E-state index < -0.39 is 23.9 Å². The van der Waals surface area contributed by atoms with Gasteiger partial charge in [-0.1, -0.05) is 35.9 Å². The van der Waals surface area contributed by atoms with Crippen LogP contribution in [0.5, 0.6) is 5.75 Å². The minimum atomic E-state index is -0.742. The van der Waals surface area contributed by atoms with Crippen molar-refractivity contribution in [2.75, 3.05) is 13.7 Å². The molecule has 0 aromatic heterocycles. The van der Waals surface area contributed by atoms with Crippen molar-refractivity contribution in [3.8, 4) is 5.75 Å². The van der Waals surface area contributed by atoms with E-state index >= 15 is 0 Å². The second-order valence-electron chi connectivity index (χ2n) is 6.62. The van der Waals surface area contributed by atoms with E-state index in [1.165, 1.54) is 24.1 Å². The van der Waals surface area contributed by atoms with E-state index in [-0.39, 0.29) is 31.0 Å². The molecule has 7 heteroatoms. The van der Waals surface area contributed by atoms with Gasteiger partial charge in [0.05, 0.1) is 13.7 Å². The van der Waals surface area contributed by atoms with Crippen LogP contribution in [0.4, 0.5) is 4.39 Å². The van der Waals surface area contributed by atoms with Crippen LogP contribution in [-0.4, -0.2) is 42.6 Å². The zero-order valence-electron chi connectivity index (χ0n) is 15.4. The molecule has 148 valence electrons. The number of hydrogen-bond acceptors (Lipinski definition) is 4. The van der Waals surface area contributed by atoms with Crippen molar-refractivity contribution in [1.82, 2.24) is 4.90 Å². The summed E-state index contributed by atoms with van der Waals surface area (Å²) in [6.07, 6.45) is 0.489. The van der Waals surface area contributed by atoms with Crippen LogP contribution in [0.2, 0.25) is 5.02 Å². The van der Waals surface area contributed by atoms with Crippen LogP contribution in [0.1, 0.15) is 18.4 Å². The van der Waals surface area contributed by atoms with Gasteiger partial charge < -0.3 is 14.4 Å². The van der Waals surface area contributed by atoms with Crippen molar-refractivity contribution in [2.45, 2.75) is 31.4 Å². The maximum absolute atomic E-state index is 13.9. The van der Waals surface area contributed by atoms with Crippen molar-refractivity contribution in [3.63, 3.8) is 0 Å². The highest BCUT2D eigenvalue weighted by Crippen LogP contribution is 2.26. The molecule has 0 saturated carbocycles. The molecule has 1 aliphatic rings. The van der Waals surface area contributed by atoms with Gasteiger partial charge in [-0.2, -0.15) is 0 Å². The maximum Gasteiger partial charge on any atom is 0.328 e. The molecule has 1 aliphatic heterocycles. The lowest BCUT2D eigenvalue weighted by atomic mass is 10.1. The van der Waals surface area contributed by atoms with Gasteiger partial charge in [0.1, 0.15) is 12.1 Å². The number of esters is 1. The van der Waals surface area contributed by atoms with Gasteiger partial charge in [0.15, 0.2) is 11.6 Å². The van der Waals surface area contributed by atoms with Crippen molar-refractivity contribution in [3.05, 3.63) is 64.9 Å². The summed E-state index contributed by atoms with van der Waals surface area (Å²) in [4.78, 5) is 26.4. The molecule has 1 fully saturated rings. The highest BCUT2D eigenvalue weighted by molar-refractivity contribution is 6.30. The number of rotatable bonds is 6. The van der Waals surface area contributed by atoms with Gasteiger partial charge in [-0.05, 0) is 36.2 Å². The zero-order valence-corrected chi connectivity index (χ0v) is 16.2. The first-order valence-electron chi connectivity index (χ1n) is 9.01. The van der Waals surface area contributed by atoms with E-state index in [0.29, 0.717) is 11.4 Å². The molecule has 0 radical (unpaired) electrons. The summed E-state index contributed by atoms with van der Waals surface area (Å²) in [6.45, 7) is 0.197. The number of likely N-dealkylation sites (tertiary alicyclic amines) is 1. The third-order valence-electron chi connectivity index (χ3n) is 4.70. The number of carbonyl (C=O) groups is 2. The molecular formula is C21H21ClFNO4. The van der Waals surface area contributed by atoms with Gasteiger partial charge in [0.2, 0.25) is 5.91 Å². The van der Waals surface area contributed by atoms with Gasteiger partial charge in [-0.15, -0.1) is 0 Å². The molecule has 2 aromatic carbocycles. The molecule has 1 heterocycles. The lowest BCUT2D eigenvalue weighted by Gasteiger charge is -2.22. The number of carbonyl (C=O) groups excluding carboxylic acids is 2. The number of hydrogen-bond donors (Lipinski definition) is 0. The molecule has 1 saturated heterocycles. The van der Waals surface area contributed by atoms with Crippen LogP contribution < -0.4 is 4.74 Å². The third kappa shape index (κ3) is 4.81. The topological polar surface area (TPSA) is 55.8 Å². The van der Waals surface area contributed by atoms with Crippen LogP contribution in [0.3, 0.4) is 0 Å². The summed E-state index contributed by atoms with van der Waals surface area (Å²) in [7, 11) is 1.28. The summed E-state index contributed by atoms with van der Waals surface area (Å²) in [5, 5.41) is 0.608. The molecule has 0 spiro atoms. The standard InChI is InChI=1S/C21H21ClFNO4/c1-27-21(26)18-12-16(28-19-8-3-2-7-17(19)23)13-24(18)20(25)10-9-14-5-4-6-15(22)11-14/h2-8,11,16,18H,9-10,12-13H2,1H3. The molecule has 28 heavy (non-hydrogen) atoms. The molecule has 2 atom stereocenters. The Kier molecular flexibility index (Phi) is 6.52. The van der Waals surface area contributed by atoms with Crippen molar-refractivity contribution in [2.24, 2.45) is 0 Å². The van der Waals surface area contributed by atoms with Crippen LogP contribution in [0.15, 0.2) is 48.5 Å². The van der Waals surface area contributed by atoms with Crippen LogP contribution >= 0.6 is 11.6 Å². The Morgan fingerprint density at radius 3 is 2.71 bits per heavy atom. The Balaban J connectivity index is 1.67. The monoisotopic (exact) mass is 405 g/mol. The molecule has 0 bridgehead atoms. The molecule has 2 aromatic rings. The number of amides is 1. The molecular weight excluding hydrogens is 385 g/mol. The average Bonchev–Trinajstić information content (AvgIpc) is 3.11. The van der Waals surface area contributed by atoms with Crippen molar-refractivity contribution >= 4 is 23.5 Å². The molecule has 2 unspecified atom stereocenters. The van der Waals surface area contributed by atoms with E-state index in [4.69, 9.17) is 21.1 Å². The minimum absolute atomic E-state index is 0.101. The second kappa shape index (κ2) is 9.06. The van der Waals surface area contributed by atoms with Crippen LogP contribution in [0, 0.1) is 5.82 Å². The Morgan fingerprint density at radius 2 is 2.00 bits per heavy atom. The van der Waals surface area contributed by atoms with E-state index in [2.05, 4.69) is 0 Å². The van der Waals surface area contributed by atoms with Crippen molar-refractivity contribution in [1.29, 1.82) is 0 Å². The summed E-state index contributed by atoms with van der Waals surface area (Å²) < 4.78 is 24.4. The minimum Gasteiger partial charge on any atom is -0.485 e. The van der Waals surface area contributed by atoms with Crippen molar-refractivity contribution < 1.29 is 23.5 Å². The highest BCUT2D eigenvalue weighted by atomic mass is 35.5. The van der Waals surface area contributed by atoms with Crippen LogP contribution in [-0.2, 0) is 20.7 Å². The predicted molar refractivity (Wildman–Crippen MR) is 103 cm³/mol. The summed E-state index contributed by atoms with van der Waals surface area (Å²) in [5.41, 5.74) is 0.939. The number of para-hydroxylation sites is 1. The van der Waals surface area contributed by atoms with E-state index in [9.17, 15) is 14.0 Å². The maximum atomic E-state index is 13.9.